The van der Waals surface area contributed by atoms with Gasteiger partial charge >= 0.3 is 5.97 Å². The Morgan fingerprint density at radius 1 is 0.972 bits per heavy atom. The van der Waals surface area contributed by atoms with Crippen LogP contribution in [0.5, 0.6) is 5.75 Å². The van der Waals surface area contributed by atoms with E-state index in [1.54, 1.807) is 31.5 Å². The van der Waals surface area contributed by atoms with Crippen molar-refractivity contribution in [2.75, 3.05) is 13.7 Å². The summed E-state index contributed by atoms with van der Waals surface area (Å²) in [4.78, 5) is 29.8. The van der Waals surface area contributed by atoms with Crippen molar-refractivity contribution in [3.8, 4) is 5.75 Å². The Balaban J connectivity index is 1.44. The van der Waals surface area contributed by atoms with Crippen LogP contribution in [0.25, 0.3) is 10.8 Å². The number of aryl methyl sites for hydroxylation is 2. The molecule has 6 nitrogen and oxygen atoms in total. The molecule has 0 spiro atoms. The van der Waals surface area contributed by atoms with E-state index < -0.39 is 11.9 Å². The molecule has 0 bridgehead atoms. The lowest BCUT2D eigenvalue weighted by Crippen LogP contribution is -2.22. The highest BCUT2D eigenvalue weighted by Crippen LogP contribution is 2.27. The number of ketones is 1. The summed E-state index contributed by atoms with van der Waals surface area (Å²) in [5.41, 5.74) is 10.1. The van der Waals surface area contributed by atoms with Gasteiger partial charge in [-0.1, -0.05) is 42.0 Å². The van der Waals surface area contributed by atoms with E-state index in [1.807, 2.05) is 55.6 Å². The topological polar surface area (TPSA) is 91.5 Å². The lowest BCUT2D eigenvalue weighted by molar-refractivity contribution is -0.120. The van der Waals surface area contributed by atoms with Crippen LogP contribution >= 0.6 is 0 Å². The van der Waals surface area contributed by atoms with Gasteiger partial charge in [-0.3, -0.25) is 9.78 Å². The zero-order valence-electron chi connectivity index (χ0n) is 20.6. The van der Waals surface area contributed by atoms with Crippen LogP contribution in [0, 0.1) is 6.92 Å². The minimum Gasteiger partial charge on any atom is -0.496 e. The van der Waals surface area contributed by atoms with E-state index in [4.69, 9.17) is 15.2 Å². The van der Waals surface area contributed by atoms with Crippen molar-refractivity contribution in [3.63, 3.8) is 0 Å². The number of Topliss-reactive ketones (excluding diaryl/α,β-unsaturated/α-hetero) is 1. The maximum absolute atomic E-state index is 13.1. The molecule has 0 aliphatic rings. The lowest BCUT2D eigenvalue weighted by atomic mass is 9.90. The molecule has 0 saturated carbocycles. The highest BCUT2D eigenvalue weighted by molar-refractivity contribution is 5.89. The fraction of sp³-hybridized carbons (Fsp3) is 0.233. The molecule has 2 N–H and O–H groups in total. The van der Waals surface area contributed by atoms with Crippen LogP contribution in [0.2, 0.25) is 0 Å². The van der Waals surface area contributed by atoms with Crippen LogP contribution in [-0.4, -0.2) is 30.4 Å². The Labute approximate surface area is 211 Å². The van der Waals surface area contributed by atoms with Crippen molar-refractivity contribution in [1.82, 2.24) is 4.98 Å². The van der Waals surface area contributed by atoms with E-state index in [0.717, 1.165) is 27.5 Å². The Morgan fingerprint density at radius 2 is 1.78 bits per heavy atom. The second kappa shape index (κ2) is 11.6. The number of benzene rings is 3. The third-order valence-electron chi connectivity index (χ3n) is 6.34. The number of pyridine rings is 1. The van der Waals surface area contributed by atoms with E-state index in [1.165, 1.54) is 0 Å². The first kappa shape index (κ1) is 25.1. The van der Waals surface area contributed by atoms with Crippen molar-refractivity contribution in [3.05, 3.63) is 107 Å². The van der Waals surface area contributed by atoms with Crippen LogP contribution < -0.4 is 10.5 Å². The number of rotatable bonds is 10. The standard InChI is InChI=1S/C30H30N2O4/c1-20-3-7-22(8-4-20)30(34)36-19-26-16-24(10-12-29(26)35-2)27(17-31)28(33)11-6-21-5-9-25-18-32-14-13-23(25)15-21/h3-5,7-10,12-16,18,27H,6,11,17,19,31H2,1-2H3. The number of aromatic nitrogens is 1. The van der Waals surface area contributed by atoms with Gasteiger partial charge in [-0.25, -0.2) is 4.79 Å². The first-order chi connectivity index (χ1) is 17.5. The van der Waals surface area contributed by atoms with Gasteiger partial charge in [0, 0.05) is 36.3 Å². The van der Waals surface area contributed by atoms with Crippen LogP contribution in [0.1, 0.15) is 45.0 Å². The SMILES string of the molecule is COc1ccc(C(CN)C(=O)CCc2ccc3cnccc3c2)cc1COC(=O)c1ccc(C)cc1. The molecule has 0 aliphatic carbocycles. The Bertz CT molecular complexity index is 1370. The number of ether oxygens (including phenoxy) is 2. The summed E-state index contributed by atoms with van der Waals surface area (Å²) in [6, 6.07) is 20.8. The summed E-state index contributed by atoms with van der Waals surface area (Å²) >= 11 is 0. The van der Waals surface area contributed by atoms with Gasteiger partial charge < -0.3 is 15.2 Å². The summed E-state index contributed by atoms with van der Waals surface area (Å²) < 4.78 is 11.0. The molecule has 4 aromatic rings. The molecule has 0 amide bonds. The molecule has 3 aromatic carbocycles. The summed E-state index contributed by atoms with van der Waals surface area (Å²) in [5, 5.41) is 2.17. The molecule has 0 aliphatic heterocycles. The monoisotopic (exact) mass is 482 g/mol. The van der Waals surface area contributed by atoms with Crippen molar-refractivity contribution < 1.29 is 19.1 Å². The fourth-order valence-electron chi connectivity index (χ4n) is 4.23. The van der Waals surface area contributed by atoms with Gasteiger partial charge in [0.15, 0.2) is 0 Å². The average molecular weight is 483 g/mol. The summed E-state index contributed by atoms with van der Waals surface area (Å²) in [6.07, 6.45) is 4.60. The average Bonchev–Trinajstić information content (AvgIpc) is 2.91. The summed E-state index contributed by atoms with van der Waals surface area (Å²) in [6.45, 7) is 2.18. The van der Waals surface area contributed by atoms with Crippen LogP contribution in [0.3, 0.4) is 0 Å². The zero-order chi connectivity index (χ0) is 25.5. The number of carbonyl (C=O) groups is 2. The molecular formula is C30H30N2O4. The number of nitrogens with zero attached hydrogens (tertiary/aromatic N) is 1. The predicted molar refractivity (Wildman–Crippen MR) is 140 cm³/mol. The molecule has 36 heavy (non-hydrogen) atoms. The third-order valence-corrected chi connectivity index (χ3v) is 6.34. The van der Waals surface area contributed by atoms with E-state index in [-0.39, 0.29) is 18.9 Å². The molecule has 1 unspecified atom stereocenters. The molecule has 0 fully saturated rings. The normalized spacial score (nSPS) is 11.8. The largest absolute Gasteiger partial charge is 0.496 e. The molecule has 1 heterocycles. The minimum absolute atomic E-state index is 0.0289. The smallest absolute Gasteiger partial charge is 0.338 e. The van der Waals surface area contributed by atoms with Gasteiger partial charge in [0.05, 0.1) is 18.6 Å². The number of hydrogen-bond donors (Lipinski definition) is 1. The highest BCUT2D eigenvalue weighted by atomic mass is 16.5. The van der Waals surface area contributed by atoms with Crippen LogP contribution in [0.4, 0.5) is 0 Å². The lowest BCUT2D eigenvalue weighted by Gasteiger charge is -2.17. The third kappa shape index (κ3) is 5.96. The maximum Gasteiger partial charge on any atom is 0.338 e. The van der Waals surface area contributed by atoms with E-state index in [2.05, 4.69) is 11.1 Å². The molecule has 1 aromatic heterocycles. The van der Waals surface area contributed by atoms with Crippen molar-refractivity contribution >= 4 is 22.5 Å². The quantitative estimate of drug-likeness (QED) is 0.314. The first-order valence-electron chi connectivity index (χ1n) is 11.9. The number of hydrogen-bond acceptors (Lipinski definition) is 6. The molecule has 0 saturated heterocycles. The van der Waals surface area contributed by atoms with E-state index >= 15 is 0 Å². The first-order valence-corrected chi connectivity index (χ1v) is 11.9. The van der Waals surface area contributed by atoms with E-state index in [0.29, 0.717) is 29.7 Å². The Hall–Kier alpha value is -4.03. The number of fused-ring (bicyclic) bond motifs is 1. The zero-order valence-corrected chi connectivity index (χ0v) is 20.6. The molecule has 6 heteroatoms. The van der Waals surface area contributed by atoms with Gasteiger partial charge in [-0.2, -0.15) is 0 Å². The van der Waals surface area contributed by atoms with Crippen molar-refractivity contribution in [1.29, 1.82) is 0 Å². The van der Waals surface area contributed by atoms with Gasteiger partial charge in [0.1, 0.15) is 18.1 Å². The maximum atomic E-state index is 13.1. The van der Waals surface area contributed by atoms with Crippen LogP contribution in [-0.2, 0) is 22.6 Å². The highest BCUT2D eigenvalue weighted by Gasteiger charge is 2.21. The fourth-order valence-corrected chi connectivity index (χ4v) is 4.23. The number of methoxy groups -OCH3 is 1. The minimum atomic E-state index is -0.452. The molecule has 1 atom stereocenters. The second-order valence-electron chi connectivity index (χ2n) is 8.83. The van der Waals surface area contributed by atoms with Crippen LogP contribution in [0.15, 0.2) is 79.1 Å². The number of carbonyl (C=O) groups excluding carboxylic acids is 2. The molecular weight excluding hydrogens is 452 g/mol. The number of nitrogens with two attached hydrogens (primary N) is 1. The Morgan fingerprint density at radius 3 is 2.53 bits per heavy atom. The van der Waals surface area contributed by atoms with Gasteiger partial charge in [-0.15, -0.1) is 0 Å². The predicted octanol–water partition coefficient (Wildman–Crippen LogP) is 5.15. The van der Waals surface area contributed by atoms with Gasteiger partial charge in [0.25, 0.3) is 0 Å². The van der Waals surface area contributed by atoms with E-state index in [9.17, 15) is 9.59 Å². The van der Waals surface area contributed by atoms with Crippen molar-refractivity contribution in [2.24, 2.45) is 5.73 Å². The van der Waals surface area contributed by atoms with Gasteiger partial charge in [0.2, 0.25) is 0 Å². The van der Waals surface area contributed by atoms with Gasteiger partial charge in [-0.05, 0) is 60.2 Å². The molecule has 184 valence electrons. The second-order valence-corrected chi connectivity index (χ2v) is 8.83. The molecule has 4 rings (SSSR count). The summed E-state index contributed by atoms with van der Waals surface area (Å²) in [5.74, 6) is -0.211. The molecule has 0 radical (unpaired) electrons. The Kier molecular flexibility index (Phi) is 8.08. The summed E-state index contributed by atoms with van der Waals surface area (Å²) in [7, 11) is 1.56. The number of esters is 1. The van der Waals surface area contributed by atoms with Crippen molar-refractivity contribution in [2.45, 2.75) is 32.3 Å².